The van der Waals surface area contributed by atoms with Crippen molar-refractivity contribution in [2.45, 2.75) is 121 Å². The molecule has 6 rings (SSSR count). The molecule has 2 aromatic rings. The molecule has 0 amide bonds. The van der Waals surface area contributed by atoms with Crippen LogP contribution >= 0.6 is 0 Å². The van der Waals surface area contributed by atoms with Crippen LogP contribution in [0.1, 0.15) is 130 Å². The molecule has 1 saturated heterocycles. The van der Waals surface area contributed by atoms with E-state index in [9.17, 15) is 18.4 Å². The number of ether oxygens (including phenoxy) is 2. The summed E-state index contributed by atoms with van der Waals surface area (Å²) in [6, 6.07) is 5.64. The highest BCUT2D eigenvalue weighted by Gasteiger charge is 2.57. The SMILES string of the molecule is CC(C)c1nc2c(c3c1[C@H](c1ccc(C(F)(F)F)c(C#N)c1)OC31CCOCC1)[C@@H](O[Si](C)(C)C(C)(C)C)CC1(CC1)C2. The standard InChI is InChI=1S/C34H43F3N2O3Si/c1-20(2)29-27-28(26-24(39-29)17-32(10-11-32)18-25(26)42-43(6,7)31(3,4)5)33(12-14-40-15-13-33)41-30(27)21-8-9-23(34(35,36)37)22(16-21)19-38/h8-9,16,20,25,30H,10-15,17-18H2,1-7H3/t25-,30-/m0/s1. The zero-order chi connectivity index (χ0) is 31.2. The molecule has 43 heavy (non-hydrogen) atoms. The van der Waals surface area contributed by atoms with Crippen LogP contribution in [0.2, 0.25) is 18.1 Å². The molecule has 2 spiro atoms. The molecule has 3 heterocycles. The number of fused-ring (bicyclic) bond motifs is 4. The third-order valence-electron chi connectivity index (χ3n) is 10.7. The van der Waals surface area contributed by atoms with Gasteiger partial charge in [0, 0.05) is 48.6 Å². The van der Waals surface area contributed by atoms with Gasteiger partial charge in [-0.15, -0.1) is 0 Å². The number of alkyl halides is 3. The summed E-state index contributed by atoms with van der Waals surface area (Å²) in [7, 11) is -2.18. The summed E-state index contributed by atoms with van der Waals surface area (Å²) in [6.45, 7) is 16.7. The maximum Gasteiger partial charge on any atom is 0.417 e. The molecule has 2 aliphatic carbocycles. The van der Waals surface area contributed by atoms with Crippen LogP contribution in [0.5, 0.6) is 0 Å². The molecule has 0 unspecified atom stereocenters. The summed E-state index contributed by atoms with van der Waals surface area (Å²) in [4.78, 5) is 5.39. The minimum atomic E-state index is -4.61. The van der Waals surface area contributed by atoms with Crippen molar-refractivity contribution in [3.8, 4) is 6.07 Å². The molecule has 0 radical (unpaired) electrons. The average molecular weight is 613 g/mol. The fraction of sp³-hybridized carbons (Fsp3) is 0.647. The number of nitriles is 1. The Morgan fingerprint density at radius 1 is 1.07 bits per heavy atom. The van der Waals surface area contributed by atoms with Crippen molar-refractivity contribution in [1.29, 1.82) is 5.26 Å². The minimum absolute atomic E-state index is 0.0269. The van der Waals surface area contributed by atoms with Gasteiger partial charge in [-0.25, -0.2) is 0 Å². The topological polar surface area (TPSA) is 64.4 Å². The fourth-order valence-electron chi connectivity index (χ4n) is 7.19. The van der Waals surface area contributed by atoms with Gasteiger partial charge in [0.1, 0.15) is 6.10 Å². The number of hydrogen-bond donors (Lipinski definition) is 0. The lowest BCUT2D eigenvalue weighted by molar-refractivity contribution is -0.138. The van der Waals surface area contributed by atoms with Gasteiger partial charge in [0.2, 0.25) is 0 Å². The molecule has 9 heteroatoms. The smallest absolute Gasteiger partial charge is 0.410 e. The van der Waals surface area contributed by atoms with Crippen molar-refractivity contribution < 1.29 is 27.1 Å². The lowest BCUT2D eigenvalue weighted by Crippen LogP contribution is -2.44. The van der Waals surface area contributed by atoms with E-state index >= 15 is 0 Å². The maximum absolute atomic E-state index is 13.7. The highest BCUT2D eigenvalue weighted by Crippen LogP contribution is 2.63. The summed E-state index contributed by atoms with van der Waals surface area (Å²) >= 11 is 0. The Hall–Kier alpha value is -2.25. The second-order valence-corrected chi connectivity index (χ2v) is 19.8. The highest BCUT2D eigenvalue weighted by molar-refractivity contribution is 6.74. The number of halogens is 3. The lowest BCUT2D eigenvalue weighted by Gasteiger charge is -2.44. The number of pyridine rings is 1. The maximum atomic E-state index is 13.7. The van der Waals surface area contributed by atoms with E-state index in [0.717, 1.165) is 47.0 Å². The molecule has 5 nitrogen and oxygen atoms in total. The molecule has 2 aliphatic heterocycles. The van der Waals surface area contributed by atoms with Gasteiger partial charge in [-0.1, -0.05) is 40.7 Å². The number of rotatable bonds is 4. The van der Waals surface area contributed by atoms with E-state index in [1.807, 2.05) is 0 Å². The molecule has 4 aliphatic rings. The van der Waals surface area contributed by atoms with Gasteiger partial charge in [0.25, 0.3) is 0 Å². The summed E-state index contributed by atoms with van der Waals surface area (Å²) in [5.41, 5.74) is 4.08. The Morgan fingerprint density at radius 2 is 1.74 bits per heavy atom. The summed E-state index contributed by atoms with van der Waals surface area (Å²) in [5.74, 6) is 0.0712. The number of nitrogens with zero attached hydrogens (tertiary/aromatic N) is 2. The van der Waals surface area contributed by atoms with E-state index in [1.165, 1.54) is 25.0 Å². The van der Waals surface area contributed by atoms with Gasteiger partial charge < -0.3 is 13.9 Å². The Balaban J connectivity index is 1.60. The van der Waals surface area contributed by atoms with Crippen molar-refractivity contribution in [3.05, 3.63) is 63.0 Å². The normalized spacial score (nSPS) is 24.2. The van der Waals surface area contributed by atoms with E-state index in [2.05, 4.69) is 47.7 Å². The number of hydrogen-bond acceptors (Lipinski definition) is 5. The third-order valence-corrected chi connectivity index (χ3v) is 15.2. The molecule has 232 valence electrons. The van der Waals surface area contributed by atoms with Gasteiger partial charge in [0.05, 0.1) is 28.9 Å². The first-order chi connectivity index (χ1) is 20.0. The van der Waals surface area contributed by atoms with Crippen molar-refractivity contribution in [2.75, 3.05) is 13.2 Å². The average Bonchev–Trinajstić information content (AvgIpc) is 3.58. The first-order valence-corrected chi connectivity index (χ1v) is 18.5. The zero-order valence-electron chi connectivity index (χ0n) is 26.4. The molecule has 1 aromatic carbocycles. The van der Waals surface area contributed by atoms with E-state index in [0.29, 0.717) is 31.6 Å². The second-order valence-electron chi connectivity index (χ2n) is 15.1. The first kappa shape index (κ1) is 30.8. The van der Waals surface area contributed by atoms with Crippen LogP contribution in [0.4, 0.5) is 13.2 Å². The predicted octanol–water partition coefficient (Wildman–Crippen LogP) is 9.01. The summed E-state index contributed by atoms with van der Waals surface area (Å²) < 4.78 is 61.4. The molecule has 2 fully saturated rings. The van der Waals surface area contributed by atoms with Crippen LogP contribution in [-0.4, -0.2) is 26.5 Å². The third kappa shape index (κ3) is 5.16. The molecule has 1 saturated carbocycles. The van der Waals surface area contributed by atoms with Crippen molar-refractivity contribution in [1.82, 2.24) is 4.98 Å². The van der Waals surface area contributed by atoms with E-state index < -0.39 is 37.3 Å². The molecule has 0 N–H and O–H groups in total. The van der Waals surface area contributed by atoms with Crippen LogP contribution in [-0.2, 0) is 32.1 Å². The van der Waals surface area contributed by atoms with Gasteiger partial charge in [-0.3, -0.25) is 4.98 Å². The largest absolute Gasteiger partial charge is 0.417 e. The van der Waals surface area contributed by atoms with Crippen LogP contribution < -0.4 is 0 Å². The molecular formula is C34H43F3N2O3Si. The van der Waals surface area contributed by atoms with Crippen LogP contribution in [0.25, 0.3) is 0 Å². The van der Waals surface area contributed by atoms with Crippen LogP contribution in [0.15, 0.2) is 18.2 Å². The Kier molecular flexibility index (Phi) is 7.25. The van der Waals surface area contributed by atoms with Crippen molar-refractivity contribution >= 4 is 8.32 Å². The number of aromatic nitrogens is 1. The van der Waals surface area contributed by atoms with Crippen molar-refractivity contribution in [3.63, 3.8) is 0 Å². The zero-order valence-corrected chi connectivity index (χ0v) is 27.4. The molecule has 0 bridgehead atoms. The van der Waals surface area contributed by atoms with Gasteiger partial charge in [0.15, 0.2) is 8.32 Å². The van der Waals surface area contributed by atoms with E-state index in [4.69, 9.17) is 18.9 Å². The van der Waals surface area contributed by atoms with Gasteiger partial charge in [-0.2, -0.15) is 18.4 Å². The van der Waals surface area contributed by atoms with Gasteiger partial charge >= 0.3 is 6.18 Å². The van der Waals surface area contributed by atoms with Gasteiger partial charge in [-0.05, 0) is 78.4 Å². The van der Waals surface area contributed by atoms with Crippen LogP contribution in [0.3, 0.4) is 0 Å². The monoisotopic (exact) mass is 612 g/mol. The first-order valence-electron chi connectivity index (χ1n) is 15.6. The Labute approximate surface area is 254 Å². The Morgan fingerprint density at radius 3 is 2.30 bits per heavy atom. The summed E-state index contributed by atoms with van der Waals surface area (Å²) in [5, 5.41) is 9.75. The second kappa shape index (κ2) is 10.1. The Bertz CT molecular complexity index is 1480. The molecule has 1 aromatic heterocycles. The minimum Gasteiger partial charge on any atom is -0.410 e. The lowest BCUT2D eigenvalue weighted by atomic mass is 9.73. The molecule has 2 atom stereocenters. The highest BCUT2D eigenvalue weighted by atomic mass is 28.4. The predicted molar refractivity (Wildman–Crippen MR) is 160 cm³/mol. The quantitative estimate of drug-likeness (QED) is 0.323. The fourth-order valence-corrected chi connectivity index (χ4v) is 8.45. The summed E-state index contributed by atoms with van der Waals surface area (Å²) in [6.07, 6.45) is 0.169. The van der Waals surface area contributed by atoms with Crippen molar-refractivity contribution in [2.24, 2.45) is 5.41 Å². The van der Waals surface area contributed by atoms with E-state index in [-0.39, 0.29) is 22.5 Å². The molecular weight excluding hydrogens is 569 g/mol. The van der Waals surface area contributed by atoms with E-state index in [1.54, 1.807) is 6.07 Å². The van der Waals surface area contributed by atoms with Crippen LogP contribution in [0, 0.1) is 16.7 Å². The number of benzene rings is 1.